The molecule has 1 atom stereocenters. The Hall–Kier alpha value is -0.520. The molecule has 0 aliphatic heterocycles. The van der Waals surface area contributed by atoms with Gasteiger partial charge in [0.05, 0.1) is 26.4 Å². The lowest BCUT2D eigenvalue weighted by Gasteiger charge is -2.28. The van der Waals surface area contributed by atoms with Crippen LogP contribution in [0.1, 0.15) is 39.7 Å². The predicted molar refractivity (Wildman–Crippen MR) is 101 cm³/mol. The van der Waals surface area contributed by atoms with Crippen LogP contribution in [-0.2, 0) is 38.2 Å². The minimum atomic E-state index is -3.87. The van der Waals surface area contributed by atoms with Gasteiger partial charge in [0, 0.05) is 0 Å². The van der Waals surface area contributed by atoms with Crippen LogP contribution in [0.5, 0.6) is 0 Å². The quantitative estimate of drug-likeness (QED) is 0.381. The Bertz CT molecular complexity index is 574. The van der Waals surface area contributed by atoms with Crippen molar-refractivity contribution in [2.45, 2.75) is 46.4 Å². The number of phosphoric ester groups is 1. The van der Waals surface area contributed by atoms with Crippen molar-refractivity contribution in [2.24, 2.45) is 0 Å². The van der Waals surface area contributed by atoms with Crippen LogP contribution in [-0.4, -0.2) is 32.3 Å². The lowest BCUT2D eigenvalue weighted by atomic mass is 10.1. The van der Waals surface area contributed by atoms with Crippen LogP contribution in [0.2, 0.25) is 0 Å². The highest BCUT2D eigenvalue weighted by molar-refractivity contribution is 7.55. The van der Waals surface area contributed by atoms with Gasteiger partial charge in [-0.25, -0.2) is 4.57 Å². The third-order valence-electron chi connectivity index (χ3n) is 3.32. The largest absolute Gasteiger partial charge is 0.475 e. The van der Waals surface area contributed by atoms with Gasteiger partial charge in [0.1, 0.15) is 0 Å². The first kappa shape index (κ1) is 23.5. The summed E-state index contributed by atoms with van der Waals surface area (Å²) in [7, 11) is -7.54. The van der Waals surface area contributed by atoms with Gasteiger partial charge in [-0.05, 0) is 46.1 Å². The zero-order chi connectivity index (χ0) is 19.5. The maximum Gasteiger partial charge on any atom is 0.475 e. The summed E-state index contributed by atoms with van der Waals surface area (Å²) in [5.74, 6) is -1.06. The van der Waals surface area contributed by atoms with Crippen LogP contribution >= 0.6 is 15.4 Å². The maximum atomic E-state index is 13.2. The van der Waals surface area contributed by atoms with Crippen molar-refractivity contribution in [3.05, 3.63) is 35.9 Å². The fourth-order valence-electron chi connectivity index (χ4n) is 2.33. The molecule has 9 heteroatoms. The van der Waals surface area contributed by atoms with E-state index in [1.807, 2.05) is 30.3 Å². The van der Waals surface area contributed by atoms with Crippen molar-refractivity contribution >= 4 is 15.4 Å². The molecule has 0 amide bonds. The number of phosphoric acid groups is 1. The third-order valence-corrected chi connectivity index (χ3v) is 7.45. The molecule has 1 unspecified atom stereocenters. The van der Waals surface area contributed by atoms with E-state index < -0.39 is 21.3 Å². The van der Waals surface area contributed by atoms with Crippen LogP contribution in [0.25, 0.3) is 0 Å². The molecule has 0 N–H and O–H groups in total. The van der Waals surface area contributed by atoms with E-state index in [-0.39, 0.29) is 32.8 Å². The van der Waals surface area contributed by atoms with Crippen LogP contribution in [0.3, 0.4) is 0 Å². The Morgan fingerprint density at radius 1 is 0.808 bits per heavy atom. The van der Waals surface area contributed by atoms with Crippen molar-refractivity contribution < 1.29 is 31.7 Å². The molecule has 7 nitrogen and oxygen atoms in total. The number of aryl methyl sites for hydroxylation is 1. The molecule has 150 valence electrons. The van der Waals surface area contributed by atoms with E-state index in [1.165, 1.54) is 0 Å². The zero-order valence-corrected chi connectivity index (χ0v) is 17.7. The highest BCUT2D eigenvalue weighted by Gasteiger charge is 2.42. The lowest BCUT2D eigenvalue weighted by Crippen LogP contribution is -2.19. The molecule has 0 aliphatic carbocycles. The fourth-order valence-corrected chi connectivity index (χ4v) is 5.94. The van der Waals surface area contributed by atoms with E-state index in [9.17, 15) is 9.13 Å². The molecular weight excluding hydrogens is 378 g/mol. The van der Waals surface area contributed by atoms with Gasteiger partial charge in [0.15, 0.2) is 5.85 Å². The Morgan fingerprint density at radius 3 is 1.77 bits per heavy atom. The number of rotatable bonds is 14. The van der Waals surface area contributed by atoms with Gasteiger partial charge >= 0.3 is 15.4 Å². The van der Waals surface area contributed by atoms with Crippen LogP contribution in [0, 0.1) is 0 Å². The first-order valence-electron chi connectivity index (χ1n) is 8.93. The summed E-state index contributed by atoms with van der Waals surface area (Å²) in [6.07, 6.45) is 0.833. The van der Waals surface area contributed by atoms with Gasteiger partial charge in [-0.2, -0.15) is 0 Å². The molecule has 0 heterocycles. The summed E-state index contributed by atoms with van der Waals surface area (Å²) in [4.78, 5) is 0. The van der Waals surface area contributed by atoms with E-state index in [1.54, 1.807) is 27.7 Å². The lowest BCUT2D eigenvalue weighted by molar-refractivity contribution is 0.0864. The van der Waals surface area contributed by atoms with E-state index in [0.29, 0.717) is 6.42 Å². The highest BCUT2D eigenvalue weighted by atomic mass is 31.2. The van der Waals surface area contributed by atoms with Crippen molar-refractivity contribution in [2.75, 3.05) is 26.4 Å². The normalized spacial score (nSPS) is 13.7. The van der Waals surface area contributed by atoms with E-state index >= 15 is 0 Å². The van der Waals surface area contributed by atoms with Gasteiger partial charge in [0.2, 0.25) is 0 Å². The van der Waals surface area contributed by atoms with Gasteiger partial charge in [-0.1, -0.05) is 30.3 Å². The minimum absolute atomic E-state index is 0.135. The number of hydrogen-bond acceptors (Lipinski definition) is 7. The average molecular weight is 408 g/mol. The van der Waals surface area contributed by atoms with E-state index in [4.69, 9.17) is 22.6 Å². The molecule has 0 aromatic heterocycles. The molecule has 0 spiro atoms. The molecule has 0 bridgehead atoms. The molecule has 0 saturated carbocycles. The maximum absolute atomic E-state index is 13.2. The molecule has 1 aromatic carbocycles. The Morgan fingerprint density at radius 2 is 1.31 bits per heavy atom. The second-order valence-electron chi connectivity index (χ2n) is 5.24. The Labute approximate surface area is 156 Å². The standard InChI is InChI=1S/C17H30O7P2/c1-5-20-25(18,21-6-2)17(15-14-16-12-10-9-11-13-16)24-26(19,22-7-3)23-8-4/h9-13,17H,5-8,14-15H2,1-4H3. The van der Waals surface area contributed by atoms with Crippen molar-refractivity contribution in [1.29, 1.82) is 0 Å². The molecule has 0 saturated heterocycles. The SMILES string of the molecule is CCOP(=O)(OCC)OC(CCc1ccccc1)P(=O)(OCC)OCC. The van der Waals surface area contributed by atoms with Crippen LogP contribution < -0.4 is 0 Å². The highest BCUT2D eigenvalue weighted by Crippen LogP contribution is 2.62. The molecular formula is C17H30O7P2. The number of benzene rings is 1. The zero-order valence-electron chi connectivity index (χ0n) is 16.0. The summed E-state index contributed by atoms with van der Waals surface area (Å²) >= 11 is 0. The third kappa shape index (κ3) is 7.61. The first-order valence-corrected chi connectivity index (χ1v) is 12.0. The fraction of sp³-hybridized carbons (Fsp3) is 0.647. The topological polar surface area (TPSA) is 80.3 Å². The smallest absolute Gasteiger partial charge is 0.307 e. The van der Waals surface area contributed by atoms with Crippen molar-refractivity contribution in [3.8, 4) is 0 Å². The van der Waals surface area contributed by atoms with E-state index in [0.717, 1.165) is 5.56 Å². The summed E-state index contributed by atoms with van der Waals surface area (Å²) in [6.45, 7) is 7.41. The molecule has 26 heavy (non-hydrogen) atoms. The molecule has 0 aliphatic rings. The van der Waals surface area contributed by atoms with Gasteiger partial charge in [-0.15, -0.1) is 0 Å². The van der Waals surface area contributed by atoms with Crippen molar-refractivity contribution in [3.63, 3.8) is 0 Å². The molecule has 1 rings (SSSR count). The average Bonchev–Trinajstić information content (AvgIpc) is 2.60. The van der Waals surface area contributed by atoms with Crippen LogP contribution in [0.15, 0.2) is 30.3 Å². The predicted octanol–water partition coefficient (Wildman–Crippen LogP) is 5.41. The number of hydrogen-bond donors (Lipinski definition) is 0. The van der Waals surface area contributed by atoms with Gasteiger partial charge < -0.3 is 9.05 Å². The summed E-state index contributed by atoms with van der Waals surface area (Å²) in [5.41, 5.74) is 1.03. The monoisotopic (exact) mass is 408 g/mol. The van der Waals surface area contributed by atoms with E-state index in [2.05, 4.69) is 0 Å². The first-order chi connectivity index (χ1) is 12.4. The minimum Gasteiger partial charge on any atom is -0.307 e. The summed E-state index contributed by atoms with van der Waals surface area (Å²) in [5, 5.41) is 0. The van der Waals surface area contributed by atoms with Crippen LogP contribution in [0.4, 0.5) is 0 Å². The Balaban J connectivity index is 3.05. The summed E-state index contributed by atoms with van der Waals surface area (Å²) < 4.78 is 52.8. The molecule has 0 fully saturated rings. The molecule has 0 radical (unpaired) electrons. The molecule has 1 aromatic rings. The van der Waals surface area contributed by atoms with Gasteiger partial charge in [0.25, 0.3) is 0 Å². The van der Waals surface area contributed by atoms with Crippen molar-refractivity contribution in [1.82, 2.24) is 0 Å². The Kier molecular flexibility index (Phi) is 10.9. The summed E-state index contributed by atoms with van der Waals surface area (Å²) in [6, 6.07) is 9.66. The van der Waals surface area contributed by atoms with Gasteiger partial charge in [-0.3, -0.25) is 18.1 Å². The second kappa shape index (κ2) is 12.0. The second-order valence-corrected chi connectivity index (χ2v) is 9.04.